The van der Waals surface area contributed by atoms with Crippen LogP contribution in [0.4, 0.5) is 5.69 Å². The van der Waals surface area contributed by atoms with Crippen molar-refractivity contribution in [3.05, 3.63) is 29.8 Å². The molecule has 14 heavy (non-hydrogen) atoms. The predicted octanol–water partition coefficient (Wildman–Crippen LogP) is 0.297. The maximum atomic E-state index is 11.3. The standard InChI is InChI=1S/C10H10N2O2/c13-9-5-7-3-1-2-4-8(7)12-10(14)6-11-9/h1-4H,5-6H2,(H,11,13)(H,12,14). The van der Waals surface area contributed by atoms with E-state index in [0.717, 1.165) is 11.3 Å². The summed E-state index contributed by atoms with van der Waals surface area (Å²) in [5, 5.41) is 5.25. The number of rotatable bonds is 0. The Balaban J connectivity index is 2.37. The summed E-state index contributed by atoms with van der Waals surface area (Å²) in [5.74, 6) is -0.308. The first-order valence-electron chi connectivity index (χ1n) is 4.40. The Labute approximate surface area is 81.3 Å². The summed E-state index contributed by atoms with van der Waals surface area (Å²) in [4.78, 5) is 22.5. The molecular formula is C10H10N2O2. The Morgan fingerprint density at radius 2 is 1.86 bits per heavy atom. The molecule has 0 aliphatic carbocycles. The summed E-state index contributed by atoms with van der Waals surface area (Å²) >= 11 is 0. The highest BCUT2D eigenvalue weighted by molar-refractivity contribution is 5.97. The Hall–Kier alpha value is -1.84. The maximum absolute atomic E-state index is 11.3. The van der Waals surface area contributed by atoms with Gasteiger partial charge in [-0.3, -0.25) is 9.59 Å². The molecule has 4 heteroatoms. The van der Waals surface area contributed by atoms with Crippen LogP contribution in [0, 0.1) is 0 Å². The number of nitrogens with one attached hydrogen (secondary N) is 2. The molecule has 0 atom stereocenters. The lowest BCUT2D eigenvalue weighted by Crippen LogP contribution is -2.36. The molecule has 0 unspecified atom stereocenters. The van der Waals surface area contributed by atoms with Crippen LogP contribution in [0.5, 0.6) is 0 Å². The summed E-state index contributed by atoms with van der Waals surface area (Å²) in [6.45, 7) is 0.0488. The van der Waals surface area contributed by atoms with Crippen LogP contribution >= 0.6 is 0 Å². The molecule has 72 valence electrons. The Bertz CT molecular complexity index is 350. The van der Waals surface area contributed by atoms with Gasteiger partial charge in [0.1, 0.15) is 0 Å². The topological polar surface area (TPSA) is 58.2 Å². The molecule has 0 fully saturated rings. The minimum atomic E-state index is -0.189. The van der Waals surface area contributed by atoms with E-state index in [1.807, 2.05) is 18.2 Å². The van der Waals surface area contributed by atoms with Gasteiger partial charge in [-0.2, -0.15) is 0 Å². The van der Waals surface area contributed by atoms with E-state index in [1.165, 1.54) is 0 Å². The maximum Gasteiger partial charge on any atom is 0.243 e. The molecule has 0 saturated heterocycles. The van der Waals surface area contributed by atoms with E-state index in [4.69, 9.17) is 0 Å². The van der Waals surface area contributed by atoms with Gasteiger partial charge in [-0.25, -0.2) is 0 Å². The summed E-state index contributed by atoms with van der Waals surface area (Å²) in [6.07, 6.45) is 0.316. The third-order valence-electron chi connectivity index (χ3n) is 2.09. The van der Waals surface area contributed by atoms with E-state index in [9.17, 15) is 9.59 Å². The number of carbonyl (C=O) groups is 2. The molecule has 1 heterocycles. The van der Waals surface area contributed by atoms with Crippen molar-refractivity contribution >= 4 is 17.5 Å². The fraction of sp³-hybridized carbons (Fsp3) is 0.200. The minimum Gasteiger partial charge on any atom is -0.347 e. The van der Waals surface area contributed by atoms with Crippen molar-refractivity contribution in [3.63, 3.8) is 0 Å². The van der Waals surface area contributed by atoms with E-state index >= 15 is 0 Å². The van der Waals surface area contributed by atoms with Gasteiger partial charge in [0.2, 0.25) is 11.8 Å². The molecule has 0 bridgehead atoms. The molecule has 2 amide bonds. The van der Waals surface area contributed by atoms with E-state index in [-0.39, 0.29) is 18.4 Å². The van der Waals surface area contributed by atoms with Crippen LogP contribution in [0.15, 0.2) is 24.3 Å². The first-order chi connectivity index (χ1) is 6.75. The number of para-hydroxylation sites is 1. The van der Waals surface area contributed by atoms with Crippen molar-refractivity contribution in [2.24, 2.45) is 0 Å². The number of anilines is 1. The fourth-order valence-electron chi connectivity index (χ4n) is 1.41. The summed E-state index contributed by atoms with van der Waals surface area (Å²) in [6, 6.07) is 7.31. The van der Waals surface area contributed by atoms with E-state index < -0.39 is 0 Å². The Morgan fingerprint density at radius 3 is 2.71 bits per heavy atom. The lowest BCUT2D eigenvalue weighted by molar-refractivity contribution is -0.123. The van der Waals surface area contributed by atoms with E-state index in [0.29, 0.717) is 6.42 Å². The smallest absolute Gasteiger partial charge is 0.243 e. The highest BCUT2D eigenvalue weighted by atomic mass is 16.2. The van der Waals surface area contributed by atoms with Crippen LogP contribution < -0.4 is 10.6 Å². The molecule has 0 saturated carbocycles. The molecule has 0 aromatic heterocycles. The van der Waals surface area contributed by atoms with Crippen molar-refractivity contribution in [1.82, 2.24) is 5.32 Å². The predicted molar refractivity (Wildman–Crippen MR) is 51.8 cm³/mol. The minimum absolute atomic E-state index is 0.0488. The summed E-state index contributed by atoms with van der Waals surface area (Å²) < 4.78 is 0. The fourth-order valence-corrected chi connectivity index (χ4v) is 1.41. The SMILES string of the molecule is O=C1Cc2ccccc2NC(=O)CN1. The molecule has 1 aliphatic heterocycles. The van der Waals surface area contributed by atoms with Crippen molar-refractivity contribution in [2.75, 3.05) is 11.9 Å². The summed E-state index contributed by atoms with van der Waals surface area (Å²) in [7, 11) is 0. The number of fused-ring (bicyclic) bond motifs is 1. The molecule has 2 N–H and O–H groups in total. The molecule has 1 aliphatic rings. The van der Waals surface area contributed by atoms with Gasteiger partial charge >= 0.3 is 0 Å². The van der Waals surface area contributed by atoms with Gasteiger partial charge in [-0.1, -0.05) is 18.2 Å². The third kappa shape index (κ3) is 1.74. The summed E-state index contributed by atoms with van der Waals surface area (Å²) in [5.41, 5.74) is 1.57. The number of hydrogen-bond acceptors (Lipinski definition) is 2. The first kappa shape index (κ1) is 8.74. The van der Waals surface area contributed by atoms with Crippen LogP contribution in [-0.2, 0) is 16.0 Å². The van der Waals surface area contributed by atoms with Crippen LogP contribution in [-0.4, -0.2) is 18.4 Å². The van der Waals surface area contributed by atoms with Crippen molar-refractivity contribution in [2.45, 2.75) is 6.42 Å². The average Bonchev–Trinajstić information content (AvgIpc) is 2.16. The van der Waals surface area contributed by atoms with Gasteiger partial charge in [0.25, 0.3) is 0 Å². The zero-order valence-corrected chi connectivity index (χ0v) is 7.54. The molecule has 2 rings (SSSR count). The lowest BCUT2D eigenvalue weighted by Gasteiger charge is -2.14. The van der Waals surface area contributed by atoms with Crippen molar-refractivity contribution < 1.29 is 9.59 Å². The van der Waals surface area contributed by atoms with Crippen LogP contribution in [0.2, 0.25) is 0 Å². The second-order valence-electron chi connectivity index (χ2n) is 3.16. The van der Waals surface area contributed by atoms with Gasteiger partial charge in [-0.15, -0.1) is 0 Å². The van der Waals surface area contributed by atoms with Crippen LogP contribution in [0.25, 0.3) is 0 Å². The third-order valence-corrected chi connectivity index (χ3v) is 2.09. The monoisotopic (exact) mass is 190 g/mol. The van der Waals surface area contributed by atoms with Crippen molar-refractivity contribution in [3.8, 4) is 0 Å². The van der Waals surface area contributed by atoms with Crippen LogP contribution in [0.3, 0.4) is 0 Å². The normalized spacial score (nSPS) is 16.0. The second kappa shape index (κ2) is 3.49. The Morgan fingerprint density at radius 1 is 1.07 bits per heavy atom. The van der Waals surface area contributed by atoms with Crippen LogP contribution in [0.1, 0.15) is 5.56 Å². The molecule has 1 aromatic rings. The van der Waals surface area contributed by atoms with Gasteiger partial charge in [0, 0.05) is 5.69 Å². The largest absolute Gasteiger partial charge is 0.347 e. The zero-order valence-electron chi connectivity index (χ0n) is 7.54. The average molecular weight is 190 g/mol. The van der Waals surface area contributed by atoms with Gasteiger partial charge < -0.3 is 10.6 Å². The highest BCUT2D eigenvalue weighted by Crippen LogP contribution is 2.16. The molecule has 0 spiro atoms. The van der Waals surface area contributed by atoms with Crippen molar-refractivity contribution in [1.29, 1.82) is 0 Å². The number of benzene rings is 1. The van der Waals surface area contributed by atoms with E-state index in [2.05, 4.69) is 10.6 Å². The Kier molecular flexibility index (Phi) is 2.18. The zero-order chi connectivity index (χ0) is 9.97. The lowest BCUT2D eigenvalue weighted by atomic mass is 10.1. The molecule has 4 nitrogen and oxygen atoms in total. The second-order valence-corrected chi connectivity index (χ2v) is 3.16. The molecular weight excluding hydrogens is 180 g/mol. The molecule has 1 aromatic carbocycles. The van der Waals surface area contributed by atoms with Gasteiger partial charge in [0.15, 0.2) is 0 Å². The first-order valence-corrected chi connectivity index (χ1v) is 4.40. The quantitative estimate of drug-likeness (QED) is 0.618. The highest BCUT2D eigenvalue weighted by Gasteiger charge is 2.14. The van der Waals surface area contributed by atoms with Gasteiger partial charge in [-0.05, 0) is 11.6 Å². The molecule has 0 radical (unpaired) electrons. The number of hydrogen-bond donors (Lipinski definition) is 2. The van der Waals surface area contributed by atoms with Gasteiger partial charge in [0.05, 0.1) is 13.0 Å². The number of carbonyl (C=O) groups excluding carboxylic acids is 2. The van der Waals surface area contributed by atoms with E-state index in [1.54, 1.807) is 6.07 Å². The number of amides is 2.